The molecule has 8 heteroatoms. The van der Waals surface area contributed by atoms with E-state index in [4.69, 9.17) is 0 Å². The van der Waals surface area contributed by atoms with Crippen LogP contribution in [0.15, 0.2) is 18.2 Å². The summed E-state index contributed by atoms with van der Waals surface area (Å²) in [5, 5.41) is 4.04. The second kappa shape index (κ2) is 8.07. The molecule has 1 aromatic carbocycles. The summed E-state index contributed by atoms with van der Waals surface area (Å²) < 4.78 is 26.8. The zero-order chi connectivity index (χ0) is 19.5. The van der Waals surface area contributed by atoms with Gasteiger partial charge in [-0.1, -0.05) is 45.9 Å². The predicted molar refractivity (Wildman–Crippen MR) is 101 cm³/mol. The van der Waals surface area contributed by atoms with Gasteiger partial charge in [-0.15, -0.1) is 0 Å². The fourth-order valence-corrected chi connectivity index (χ4v) is 4.25. The molecule has 3 N–H and O–H groups in total. The zero-order valence-corrected chi connectivity index (χ0v) is 16.4. The Kier molecular flexibility index (Phi) is 6.28. The van der Waals surface area contributed by atoms with E-state index in [1.807, 2.05) is 50.6 Å². The number of sulfonamides is 1. The Morgan fingerprint density at radius 1 is 1.15 bits per heavy atom. The maximum absolute atomic E-state index is 12.4. The number of anilines is 1. The van der Waals surface area contributed by atoms with Gasteiger partial charge in [0.25, 0.3) is 10.0 Å². The molecule has 7 nitrogen and oxygen atoms in total. The minimum atomic E-state index is -4.00. The van der Waals surface area contributed by atoms with Crippen LogP contribution < -0.4 is 15.4 Å². The van der Waals surface area contributed by atoms with Gasteiger partial charge in [-0.05, 0) is 35.8 Å². The first-order chi connectivity index (χ1) is 12.1. The van der Waals surface area contributed by atoms with Crippen molar-refractivity contribution in [1.29, 1.82) is 0 Å². The smallest absolute Gasteiger partial charge is 0.332 e. The topological polar surface area (TPSA) is 104 Å². The summed E-state index contributed by atoms with van der Waals surface area (Å²) >= 11 is 0. The molecule has 0 aromatic heterocycles. The second-order valence-corrected chi connectivity index (χ2v) is 9.03. The van der Waals surface area contributed by atoms with E-state index in [0.29, 0.717) is 18.5 Å². The average Bonchev–Trinajstić information content (AvgIpc) is 2.54. The van der Waals surface area contributed by atoms with Gasteiger partial charge in [-0.2, -0.15) is 0 Å². The van der Waals surface area contributed by atoms with Crippen molar-refractivity contribution < 1.29 is 18.0 Å². The van der Waals surface area contributed by atoms with Crippen LogP contribution in [0.2, 0.25) is 0 Å². The monoisotopic (exact) mass is 381 g/mol. The van der Waals surface area contributed by atoms with Gasteiger partial charge in [0.15, 0.2) is 5.37 Å². The van der Waals surface area contributed by atoms with Crippen LogP contribution in [0.5, 0.6) is 0 Å². The van der Waals surface area contributed by atoms with Crippen molar-refractivity contribution in [3.8, 4) is 0 Å². The highest BCUT2D eigenvalue weighted by atomic mass is 32.2. The number of piperidine rings is 1. The Balaban J connectivity index is 2.21. The molecule has 1 unspecified atom stereocenters. The fourth-order valence-electron chi connectivity index (χ4n) is 3.04. The molecule has 1 saturated heterocycles. The molecular weight excluding hydrogens is 354 g/mol. The summed E-state index contributed by atoms with van der Waals surface area (Å²) in [7, 11) is -4.00. The first-order valence-corrected chi connectivity index (χ1v) is 10.4. The third kappa shape index (κ3) is 4.75. The minimum Gasteiger partial charge on any atom is -0.338 e. The van der Waals surface area contributed by atoms with Crippen LogP contribution in [0.3, 0.4) is 0 Å². The minimum absolute atomic E-state index is 0.165. The van der Waals surface area contributed by atoms with Gasteiger partial charge in [-0.25, -0.2) is 17.9 Å². The number of carbonyl (C=O) groups excluding carboxylic acids is 2. The standard InChI is InChI=1S/C18H27N3O4S/c1-11(2)13-7-5-8-14(12(3)4)17(13)20-18(23)21-26(24,25)16-10-6-9-15(22)19-16/h5,7-8,11-12,16H,6,9-10H2,1-4H3,(H,19,22)(H2,20,21,23). The lowest BCUT2D eigenvalue weighted by molar-refractivity contribution is -0.122. The molecule has 2 rings (SSSR count). The van der Waals surface area contributed by atoms with Crippen molar-refractivity contribution in [3.05, 3.63) is 29.3 Å². The van der Waals surface area contributed by atoms with Crippen LogP contribution in [-0.4, -0.2) is 25.7 Å². The van der Waals surface area contributed by atoms with Crippen LogP contribution in [0.1, 0.15) is 69.9 Å². The molecule has 1 aliphatic heterocycles. The van der Waals surface area contributed by atoms with E-state index in [1.54, 1.807) is 0 Å². The highest BCUT2D eigenvalue weighted by Crippen LogP contribution is 2.32. The molecule has 26 heavy (non-hydrogen) atoms. The highest BCUT2D eigenvalue weighted by Gasteiger charge is 2.31. The Morgan fingerprint density at radius 3 is 2.23 bits per heavy atom. The average molecular weight is 381 g/mol. The number of para-hydroxylation sites is 1. The highest BCUT2D eigenvalue weighted by molar-refractivity contribution is 7.90. The molecule has 0 radical (unpaired) electrons. The number of rotatable bonds is 5. The van der Waals surface area contributed by atoms with Gasteiger partial charge in [0.1, 0.15) is 0 Å². The lowest BCUT2D eigenvalue weighted by Gasteiger charge is -2.24. The number of benzene rings is 1. The van der Waals surface area contributed by atoms with Gasteiger partial charge in [0.05, 0.1) is 0 Å². The summed E-state index contributed by atoms with van der Waals surface area (Å²) in [6.07, 6.45) is 1.07. The van der Waals surface area contributed by atoms with Crippen LogP contribution in [0.4, 0.5) is 10.5 Å². The molecule has 1 aliphatic rings. The van der Waals surface area contributed by atoms with E-state index in [2.05, 4.69) is 10.6 Å². The van der Waals surface area contributed by atoms with Gasteiger partial charge >= 0.3 is 6.03 Å². The van der Waals surface area contributed by atoms with Crippen LogP contribution >= 0.6 is 0 Å². The van der Waals surface area contributed by atoms with Gasteiger partial charge in [-0.3, -0.25) is 4.79 Å². The number of hydrogen-bond donors (Lipinski definition) is 3. The maximum Gasteiger partial charge on any atom is 0.332 e. The Bertz CT molecular complexity index is 761. The summed E-state index contributed by atoms with van der Waals surface area (Å²) in [6.45, 7) is 8.04. The molecule has 1 aromatic rings. The molecule has 0 aliphatic carbocycles. The SMILES string of the molecule is CC(C)c1cccc(C(C)C)c1NC(=O)NS(=O)(=O)C1CCCC(=O)N1. The van der Waals surface area contributed by atoms with Gasteiger partial charge in [0, 0.05) is 12.1 Å². The van der Waals surface area contributed by atoms with Crippen molar-refractivity contribution in [2.24, 2.45) is 0 Å². The maximum atomic E-state index is 12.4. The summed E-state index contributed by atoms with van der Waals surface area (Å²) in [4.78, 5) is 23.8. The van der Waals surface area contributed by atoms with E-state index in [0.717, 1.165) is 11.1 Å². The molecule has 0 saturated carbocycles. The lowest BCUT2D eigenvalue weighted by atomic mass is 9.93. The van der Waals surface area contributed by atoms with E-state index in [9.17, 15) is 18.0 Å². The van der Waals surface area contributed by atoms with E-state index < -0.39 is 21.4 Å². The number of carbonyl (C=O) groups is 2. The summed E-state index contributed by atoms with van der Waals surface area (Å²) in [5.74, 6) is 0.00996. The first kappa shape index (κ1) is 20.2. The Morgan fingerprint density at radius 2 is 1.73 bits per heavy atom. The number of nitrogens with one attached hydrogen (secondary N) is 3. The third-order valence-corrected chi connectivity index (χ3v) is 5.99. The van der Waals surface area contributed by atoms with Crippen LogP contribution in [-0.2, 0) is 14.8 Å². The normalized spacial score (nSPS) is 17.9. The number of urea groups is 1. The van der Waals surface area contributed by atoms with Crippen molar-refractivity contribution in [2.75, 3.05) is 5.32 Å². The van der Waals surface area contributed by atoms with Crippen molar-refractivity contribution in [3.63, 3.8) is 0 Å². The van der Waals surface area contributed by atoms with Crippen molar-refractivity contribution in [1.82, 2.24) is 10.0 Å². The van der Waals surface area contributed by atoms with Crippen LogP contribution in [0, 0.1) is 0 Å². The molecule has 1 atom stereocenters. The van der Waals surface area contributed by atoms with Crippen LogP contribution in [0.25, 0.3) is 0 Å². The quantitative estimate of drug-likeness (QED) is 0.729. The molecule has 1 fully saturated rings. The van der Waals surface area contributed by atoms with E-state index in [-0.39, 0.29) is 24.2 Å². The molecule has 144 valence electrons. The number of amides is 3. The zero-order valence-electron chi connectivity index (χ0n) is 15.6. The molecule has 1 heterocycles. The van der Waals surface area contributed by atoms with Gasteiger partial charge in [0.2, 0.25) is 5.91 Å². The number of hydrogen-bond acceptors (Lipinski definition) is 4. The summed E-state index contributed by atoms with van der Waals surface area (Å²) in [6, 6.07) is 4.95. The summed E-state index contributed by atoms with van der Waals surface area (Å²) in [5.41, 5.74) is 2.52. The largest absolute Gasteiger partial charge is 0.338 e. The molecule has 0 spiro atoms. The van der Waals surface area contributed by atoms with E-state index >= 15 is 0 Å². The second-order valence-electron chi connectivity index (χ2n) is 7.17. The molecule has 0 bridgehead atoms. The predicted octanol–water partition coefficient (Wildman–Crippen LogP) is 3.01. The van der Waals surface area contributed by atoms with Gasteiger partial charge < -0.3 is 10.6 Å². The van der Waals surface area contributed by atoms with E-state index in [1.165, 1.54) is 0 Å². The fraction of sp³-hybridized carbons (Fsp3) is 0.556. The Hall–Kier alpha value is -2.09. The Labute approximate surface area is 155 Å². The van der Waals surface area contributed by atoms with Crippen molar-refractivity contribution >= 4 is 27.6 Å². The lowest BCUT2D eigenvalue weighted by Crippen LogP contribution is -2.50. The first-order valence-electron chi connectivity index (χ1n) is 8.86. The molecular formula is C18H27N3O4S. The molecule has 3 amide bonds. The third-order valence-electron chi connectivity index (χ3n) is 4.41. The van der Waals surface area contributed by atoms with Crippen molar-refractivity contribution in [2.45, 2.75) is 64.2 Å².